The van der Waals surface area contributed by atoms with Crippen LogP contribution in [0.5, 0.6) is 0 Å². The summed E-state index contributed by atoms with van der Waals surface area (Å²) in [7, 11) is 2.10. The summed E-state index contributed by atoms with van der Waals surface area (Å²) in [6, 6.07) is 11.3. The molecule has 2 nitrogen and oxygen atoms in total. The predicted octanol–water partition coefficient (Wildman–Crippen LogP) is 3.82. The van der Waals surface area contributed by atoms with Gasteiger partial charge in [-0.3, -0.25) is 4.90 Å². The van der Waals surface area contributed by atoms with Crippen molar-refractivity contribution in [1.82, 2.24) is 4.90 Å². The van der Waals surface area contributed by atoms with Crippen molar-refractivity contribution in [3.8, 4) is 6.07 Å². The Morgan fingerprint density at radius 3 is 2.61 bits per heavy atom. The zero-order chi connectivity index (χ0) is 13.0. The van der Waals surface area contributed by atoms with Crippen LogP contribution >= 0.6 is 0 Å². The second kappa shape index (κ2) is 6.02. The Morgan fingerprint density at radius 1 is 1.28 bits per heavy atom. The van der Waals surface area contributed by atoms with E-state index in [4.69, 9.17) is 0 Å². The molecule has 0 heterocycles. The SMILES string of the molecule is Cc1cccc(C(C#N)N(C)C2CCCCC2)c1. The Labute approximate surface area is 110 Å². The molecule has 0 amide bonds. The molecule has 0 spiro atoms. The molecule has 1 fully saturated rings. The van der Waals surface area contributed by atoms with E-state index in [0.29, 0.717) is 6.04 Å². The summed E-state index contributed by atoms with van der Waals surface area (Å²) in [6.07, 6.45) is 6.44. The molecule has 0 N–H and O–H groups in total. The number of nitrogens with zero attached hydrogens (tertiary/aromatic N) is 2. The first-order valence-electron chi connectivity index (χ1n) is 6.90. The van der Waals surface area contributed by atoms with Crippen molar-refractivity contribution in [3.05, 3.63) is 35.4 Å². The summed E-state index contributed by atoms with van der Waals surface area (Å²) < 4.78 is 0. The van der Waals surface area contributed by atoms with Gasteiger partial charge in [-0.15, -0.1) is 0 Å². The van der Waals surface area contributed by atoms with E-state index < -0.39 is 0 Å². The van der Waals surface area contributed by atoms with Crippen molar-refractivity contribution >= 4 is 0 Å². The normalized spacial score (nSPS) is 18.6. The van der Waals surface area contributed by atoms with Crippen LogP contribution in [0, 0.1) is 18.3 Å². The van der Waals surface area contributed by atoms with Crippen molar-refractivity contribution in [2.45, 2.75) is 51.1 Å². The molecule has 0 aliphatic heterocycles. The van der Waals surface area contributed by atoms with Crippen LogP contribution in [0.15, 0.2) is 24.3 Å². The summed E-state index contributed by atoms with van der Waals surface area (Å²) in [6.45, 7) is 2.08. The van der Waals surface area contributed by atoms with Gasteiger partial charge in [0, 0.05) is 6.04 Å². The zero-order valence-electron chi connectivity index (χ0n) is 11.4. The molecule has 1 atom stereocenters. The van der Waals surface area contributed by atoms with Gasteiger partial charge in [0.05, 0.1) is 6.07 Å². The van der Waals surface area contributed by atoms with E-state index in [2.05, 4.69) is 43.1 Å². The molecule has 0 bridgehead atoms. The minimum absolute atomic E-state index is 0.104. The Kier molecular flexibility index (Phi) is 4.38. The summed E-state index contributed by atoms with van der Waals surface area (Å²) >= 11 is 0. The second-order valence-corrected chi connectivity index (χ2v) is 5.40. The maximum absolute atomic E-state index is 9.48. The fourth-order valence-corrected chi connectivity index (χ4v) is 2.94. The standard InChI is InChI=1S/C16H22N2/c1-13-7-6-8-14(11-13)16(12-17)18(2)15-9-4-3-5-10-15/h6-8,11,15-16H,3-5,9-10H2,1-2H3. The zero-order valence-corrected chi connectivity index (χ0v) is 11.4. The number of nitriles is 1. The van der Waals surface area contributed by atoms with Gasteiger partial charge in [-0.05, 0) is 32.4 Å². The average molecular weight is 242 g/mol. The molecule has 18 heavy (non-hydrogen) atoms. The van der Waals surface area contributed by atoms with Crippen molar-refractivity contribution in [3.63, 3.8) is 0 Å². The molecular weight excluding hydrogens is 220 g/mol. The highest BCUT2D eigenvalue weighted by molar-refractivity contribution is 5.28. The number of aryl methyl sites for hydroxylation is 1. The predicted molar refractivity (Wildman–Crippen MR) is 74.2 cm³/mol. The maximum atomic E-state index is 9.48. The Morgan fingerprint density at radius 2 is 2.00 bits per heavy atom. The first-order valence-corrected chi connectivity index (χ1v) is 6.90. The van der Waals surface area contributed by atoms with Crippen LogP contribution in [0.4, 0.5) is 0 Å². The van der Waals surface area contributed by atoms with E-state index in [1.807, 2.05) is 6.07 Å². The third-order valence-electron chi connectivity index (χ3n) is 4.04. The van der Waals surface area contributed by atoms with E-state index in [-0.39, 0.29) is 6.04 Å². The molecular formula is C16H22N2. The minimum Gasteiger partial charge on any atom is -0.284 e. The van der Waals surface area contributed by atoms with Crippen LogP contribution in [0.2, 0.25) is 0 Å². The lowest BCUT2D eigenvalue weighted by Crippen LogP contribution is -2.36. The summed E-state index contributed by atoms with van der Waals surface area (Å²) in [5, 5.41) is 9.48. The van der Waals surface area contributed by atoms with Gasteiger partial charge in [0.1, 0.15) is 6.04 Å². The first-order chi connectivity index (χ1) is 8.72. The van der Waals surface area contributed by atoms with Gasteiger partial charge in [0.2, 0.25) is 0 Å². The molecule has 1 saturated carbocycles. The van der Waals surface area contributed by atoms with E-state index >= 15 is 0 Å². The highest BCUT2D eigenvalue weighted by Gasteiger charge is 2.25. The van der Waals surface area contributed by atoms with Crippen LogP contribution < -0.4 is 0 Å². The molecule has 2 rings (SSSR count). The monoisotopic (exact) mass is 242 g/mol. The van der Waals surface area contributed by atoms with Crippen molar-refractivity contribution < 1.29 is 0 Å². The van der Waals surface area contributed by atoms with E-state index in [0.717, 1.165) is 5.56 Å². The number of hydrogen-bond donors (Lipinski definition) is 0. The van der Waals surface area contributed by atoms with Crippen LogP contribution in [-0.2, 0) is 0 Å². The summed E-state index contributed by atoms with van der Waals surface area (Å²) in [5.41, 5.74) is 2.36. The lowest BCUT2D eigenvalue weighted by molar-refractivity contribution is 0.164. The van der Waals surface area contributed by atoms with Crippen molar-refractivity contribution in [1.29, 1.82) is 5.26 Å². The fraction of sp³-hybridized carbons (Fsp3) is 0.562. The fourth-order valence-electron chi connectivity index (χ4n) is 2.94. The molecule has 1 aliphatic rings. The van der Waals surface area contributed by atoms with Gasteiger partial charge < -0.3 is 0 Å². The van der Waals surface area contributed by atoms with Gasteiger partial charge in [-0.2, -0.15) is 5.26 Å². The molecule has 96 valence electrons. The van der Waals surface area contributed by atoms with Crippen molar-refractivity contribution in [2.75, 3.05) is 7.05 Å². The number of benzene rings is 1. The van der Waals surface area contributed by atoms with E-state index in [1.165, 1.54) is 37.7 Å². The summed E-state index contributed by atoms with van der Waals surface area (Å²) in [5.74, 6) is 0. The van der Waals surface area contributed by atoms with Gasteiger partial charge in [0.15, 0.2) is 0 Å². The van der Waals surface area contributed by atoms with Gasteiger partial charge in [-0.25, -0.2) is 0 Å². The lowest BCUT2D eigenvalue weighted by Gasteiger charge is -2.34. The molecule has 0 saturated heterocycles. The third-order valence-corrected chi connectivity index (χ3v) is 4.04. The largest absolute Gasteiger partial charge is 0.284 e. The van der Waals surface area contributed by atoms with Gasteiger partial charge in [-0.1, -0.05) is 49.1 Å². The average Bonchev–Trinajstić information content (AvgIpc) is 2.40. The Hall–Kier alpha value is -1.33. The van der Waals surface area contributed by atoms with E-state index in [1.54, 1.807) is 0 Å². The molecule has 0 aromatic heterocycles. The highest BCUT2D eigenvalue weighted by Crippen LogP contribution is 2.28. The quantitative estimate of drug-likeness (QED) is 0.805. The van der Waals surface area contributed by atoms with Crippen LogP contribution in [0.1, 0.15) is 49.3 Å². The number of rotatable bonds is 3. The summed E-state index contributed by atoms with van der Waals surface area (Å²) in [4.78, 5) is 2.27. The smallest absolute Gasteiger partial charge is 0.123 e. The molecule has 1 aromatic carbocycles. The second-order valence-electron chi connectivity index (χ2n) is 5.40. The first kappa shape index (κ1) is 13.1. The third kappa shape index (κ3) is 2.91. The Bertz CT molecular complexity index is 427. The molecule has 0 radical (unpaired) electrons. The molecule has 1 unspecified atom stereocenters. The maximum Gasteiger partial charge on any atom is 0.123 e. The van der Waals surface area contributed by atoms with Gasteiger partial charge in [0.25, 0.3) is 0 Å². The lowest BCUT2D eigenvalue weighted by atomic mass is 9.92. The molecule has 1 aliphatic carbocycles. The van der Waals surface area contributed by atoms with Crippen LogP contribution in [0.3, 0.4) is 0 Å². The van der Waals surface area contributed by atoms with Crippen LogP contribution in [0.25, 0.3) is 0 Å². The molecule has 1 aromatic rings. The highest BCUT2D eigenvalue weighted by atomic mass is 15.2. The van der Waals surface area contributed by atoms with Crippen molar-refractivity contribution in [2.24, 2.45) is 0 Å². The number of hydrogen-bond acceptors (Lipinski definition) is 2. The topological polar surface area (TPSA) is 27.0 Å². The molecule has 2 heteroatoms. The van der Waals surface area contributed by atoms with Crippen LogP contribution in [-0.4, -0.2) is 18.0 Å². The Balaban J connectivity index is 2.15. The minimum atomic E-state index is -0.104. The van der Waals surface area contributed by atoms with E-state index in [9.17, 15) is 5.26 Å². The van der Waals surface area contributed by atoms with Gasteiger partial charge >= 0.3 is 0 Å².